The molecule has 2 aromatic heterocycles. The molecule has 5 heterocycles. The van der Waals surface area contributed by atoms with Crippen LogP contribution < -0.4 is 0 Å². The molecule has 1 N–H and O–H groups in total. The normalized spacial score (nSPS) is 25.7. The lowest BCUT2D eigenvalue weighted by Gasteiger charge is -2.63. The van der Waals surface area contributed by atoms with Gasteiger partial charge in [-0.15, -0.1) is 10.2 Å². The third kappa shape index (κ3) is 3.42. The molecule has 3 aliphatic heterocycles. The van der Waals surface area contributed by atoms with Gasteiger partial charge in [0.15, 0.2) is 5.82 Å². The molecule has 0 atom stereocenters. The number of urea groups is 1. The Morgan fingerprint density at radius 2 is 1.68 bits per heavy atom. The molecule has 2 aromatic rings. The number of likely N-dealkylation sites (tertiary alicyclic amines) is 3. The molecule has 34 heavy (non-hydrogen) atoms. The van der Waals surface area contributed by atoms with Crippen molar-refractivity contribution >= 4 is 17.4 Å². The van der Waals surface area contributed by atoms with Gasteiger partial charge in [-0.2, -0.15) is 18.3 Å². The zero-order chi connectivity index (χ0) is 23.3. The summed E-state index contributed by atoms with van der Waals surface area (Å²) in [7, 11) is 0. The minimum Gasteiger partial charge on any atom is -0.323 e. The van der Waals surface area contributed by atoms with Gasteiger partial charge in [0.1, 0.15) is 10.8 Å². The molecule has 2 amide bonds. The first-order valence-corrected chi connectivity index (χ1v) is 12.6. The molecule has 2 spiro atoms. The van der Waals surface area contributed by atoms with E-state index in [1.54, 1.807) is 0 Å². The summed E-state index contributed by atoms with van der Waals surface area (Å²) in [5, 5.41) is 13.9. The SMILES string of the molecule is O=C(N1CC2(CC(c3nc(C4CC4)n[nH]3)C2)C1)N1CC2(CN(Cc3nnc(C(F)(F)F)s3)C2)C1. The number of nitrogens with one attached hydrogen (secondary N) is 1. The highest BCUT2D eigenvalue weighted by atomic mass is 32.1. The molecule has 5 fully saturated rings. The smallest absolute Gasteiger partial charge is 0.323 e. The molecule has 0 radical (unpaired) electrons. The van der Waals surface area contributed by atoms with E-state index >= 15 is 0 Å². The Bertz CT molecular complexity index is 1120. The summed E-state index contributed by atoms with van der Waals surface area (Å²) in [5.74, 6) is 2.98. The number of hydrogen-bond donors (Lipinski definition) is 1. The maximum Gasteiger partial charge on any atom is 0.445 e. The van der Waals surface area contributed by atoms with E-state index < -0.39 is 11.2 Å². The number of hydrogen-bond acceptors (Lipinski definition) is 7. The van der Waals surface area contributed by atoms with Crippen LogP contribution in [0.2, 0.25) is 0 Å². The third-order valence-electron chi connectivity index (χ3n) is 8.04. The van der Waals surface area contributed by atoms with Gasteiger partial charge >= 0.3 is 12.2 Å². The number of H-pyrrole nitrogens is 1. The number of alkyl halides is 3. The van der Waals surface area contributed by atoms with E-state index in [9.17, 15) is 18.0 Å². The average molecular weight is 495 g/mol. The van der Waals surface area contributed by atoms with Gasteiger partial charge in [0.05, 0.1) is 6.54 Å². The molecule has 182 valence electrons. The maximum atomic E-state index is 12.9. The minimum absolute atomic E-state index is 0.0862. The van der Waals surface area contributed by atoms with Gasteiger partial charge in [-0.25, -0.2) is 9.78 Å². The van der Waals surface area contributed by atoms with Gasteiger partial charge in [0, 0.05) is 61.9 Å². The largest absolute Gasteiger partial charge is 0.445 e. The quantitative estimate of drug-likeness (QED) is 0.703. The Kier molecular flexibility index (Phi) is 4.27. The number of aromatic amines is 1. The highest BCUT2D eigenvalue weighted by Crippen LogP contribution is 2.56. The first-order valence-electron chi connectivity index (χ1n) is 11.8. The van der Waals surface area contributed by atoms with Crippen LogP contribution in [0.5, 0.6) is 0 Å². The van der Waals surface area contributed by atoms with E-state index in [-0.39, 0.29) is 16.9 Å². The van der Waals surface area contributed by atoms with Crippen LogP contribution in [0.15, 0.2) is 0 Å². The van der Waals surface area contributed by atoms with Crippen LogP contribution in [0.25, 0.3) is 0 Å². The number of carbonyl (C=O) groups excluding carboxylic acids is 1. The van der Waals surface area contributed by atoms with E-state index in [0.29, 0.717) is 34.7 Å². The van der Waals surface area contributed by atoms with Gasteiger partial charge in [-0.05, 0) is 25.7 Å². The van der Waals surface area contributed by atoms with Gasteiger partial charge in [0.25, 0.3) is 0 Å². The number of halogens is 3. The van der Waals surface area contributed by atoms with Gasteiger partial charge in [-0.3, -0.25) is 10.00 Å². The number of rotatable bonds is 4. The number of carbonyl (C=O) groups is 1. The summed E-state index contributed by atoms with van der Waals surface area (Å²) < 4.78 is 38.1. The summed E-state index contributed by atoms with van der Waals surface area (Å²) in [5.41, 5.74) is 0.336. The van der Waals surface area contributed by atoms with Crippen molar-refractivity contribution in [3.05, 3.63) is 21.7 Å². The first kappa shape index (κ1) is 21.0. The zero-order valence-electron chi connectivity index (χ0n) is 18.5. The number of aromatic nitrogens is 5. The maximum absolute atomic E-state index is 12.9. The Balaban J connectivity index is 0.844. The molecule has 9 nitrogen and oxygen atoms in total. The van der Waals surface area contributed by atoms with Crippen molar-refractivity contribution in [3.8, 4) is 0 Å². The topological polar surface area (TPSA) is 94.1 Å². The lowest BCUT2D eigenvalue weighted by Crippen LogP contribution is -2.75. The molecule has 0 bridgehead atoms. The average Bonchev–Trinajstić information content (AvgIpc) is 3.19. The van der Waals surface area contributed by atoms with E-state index in [2.05, 4.69) is 30.3 Å². The lowest BCUT2D eigenvalue weighted by atomic mass is 9.57. The van der Waals surface area contributed by atoms with Gasteiger partial charge in [0.2, 0.25) is 5.01 Å². The summed E-state index contributed by atoms with van der Waals surface area (Å²) in [6.07, 6.45) is 0.0927. The second-order valence-corrected chi connectivity index (χ2v) is 12.2. The van der Waals surface area contributed by atoms with Crippen molar-refractivity contribution in [2.45, 2.75) is 50.2 Å². The molecule has 2 saturated carbocycles. The Hall–Kier alpha value is -2.28. The van der Waals surface area contributed by atoms with Crippen LogP contribution in [-0.2, 0) is 12.7 Å². The minimum atomic E-state index is -4.44. The summed E-state index contributed by atoms with van der Waals surface area (Å²) in [6.45, 7) is 5.03. The van der Waals surface area contributed by atoms with E-state index in [1.807, 2.05) is 9.80 Å². The zero-order valence-corrected chi connectivity index (χ0v) is 19.3. The van der Waals surface area contributed by atoms with Crippen LogP contribution in [0.3, 0.4) is 0 Å². The molecular weight excluding hydrogens is 469 g/mol. The van der Waals surface area contributed by atoms with E-state index in [0.717, 1.165) is 63.8 Å². The molecule has 0 aromatic carbocycles. The summed E-state index contributed by atoms with van der Waals surface area (Å²) in [6, 6.07) is 0.118. The molecule has 5 aliphatic rings. The molecule has 7 rings (SSSR count). The number of amides is 2. The molecule has 2 aliphatic carbocycles. The van der Waals surface area contributed by atoms with Gasteiger partial charge < -0.3 is 9.80 Å². The fraction of sp³-hybridized carbons (Fsp3) is 0.762. The fourth-order valence-corrected chi connectivity index (χ4v) is 7.02. The van der Waals surface area contributed by atoms with Gasteiger partial charge in [-0.1, -0.05) is 11.3 Å². The van der Waals surface area contributed by atoms with Crippen LogP contribution >= 0.6 is 11.3 Å². The van der Waals surface area contributed by atoms with Crippen LogP contribution in [0, 0.1) is 10.8 Å². The van der Waals surface area contributed by atoms with Crippen molar-refractivity contribution in [2.24, 2.45) is 10.8 Å². The van der Waals surface area contributed by atoms with E-state index in [1.165, 1.54) is 12.8 Å². The monoisotopic (exact) mass is 494 g/mol. The van der Waals surface area contributed by atoms with Crippen molar-refractivity contribution in [1.29, 1.82) is 0 Å². The second-order valence-electron chi connectivity index (χ2n) is 11.1. The fourth-order valence-electron chi connectivity index (χ4n) is 6.27. The first-order chi connectivity index (χ1) is 16.2. The Morgan fingerprint density at radius 3 is 2.29 bits per heavy atom. The highest BCUT2D eigenvalue weighted by Gasteiger charge is 2.58. The van der Waals surface area contributed by atoms with Crippen molar-refractivity contribution in [3.63, 3.8) is 0 Å². The number of nitrogens with zero attached hydrogens (tertiary/aromatic N) is 7. The third-order valence-corrected chi connectivity index (χ3v) is 8.99. The van der Waals surface area contributed by atoms with Crippen molar-refractivity contribution in [1.82, 2.24) is 40.1 Å². The summed E-state index contributed by atoms with van der Waals surface area (Å²) in [4.78, 5) is 23.5. The Morgan fingerprint density at radius 1 is 1.00 bits per heavy atom. The predicted octanol–water partition coefficient (Wildman–Crippen LogP) is 2.67. The highest BCUT2D eigenvalue weighted by molar-refractivity contribution is 7.11. The molecular formula is C21H25F3N8OS. The van der Waals surface area contributed by atoms with Crippen molar-refractivity contribution in [2.75, 3.05) is 39.3 Å². The molecule has 3 saturated heterocycles. The predicted molar refractivity (Wildman–Crippen MR) is 114 cm³/mol. The Labute approximate surface area is 197 Å². The molecule has 13 heteroatoms. The van der Waals surface area contributed by atoms with E-state index in [4.69, 9.17) is 0 Å². The van der Waals surface area contributed by atoms with Crippen molar-refractivity contribution < 1.29 is 18.0 Å². The molecule has 0 unspecified atom stereocenters. The van der Waals surface area contributed by atoms with Crippen LogP contribution in [0.4, 0.5) is 18.0 Å². The van der Waals surface area contributed by atoms with Crippen LogP contribution in [0.1, 0.15) is 59.2 Å². The second kappa shape index (κ2) is 6.90. The standard InChI is InChI=1S/C21H25F3N8OS/c22-21(23,24)17-29-26-14(34-17)5-30-6-20(7-30)10-32(11-20)18(33)31-8-19(9-31)3-13(4-19)16-25-15(27-28-16)12-1-2-12/h12-13H,1-11H2,(H,25,27,28). The van der Waals surface area contributed by atoms with Crippen LogP contribution in [-0.4, -0.2) is 85.4 Å². The lowest BCUT2D eigenvalue weighted by molar-refractivity contribution is -0.138. The summed E-state index contributed by atoms with van der Waals surface area (Å²) >= 11 is 0.605.